The van der Waals surface area contributed by atoms with Crippen molar-refractivity contribution in [2.45, 2.75) is 20.4 Å². The summed E-state index contributed by atoms with van der Waals surface area (Å²) in [5.74, 6) is -2.00. The average Bonchev–Trinajstić information content (AvgIpc) is 3.34. The first-order valence-corrected chi connectivity index (χ1v) is 11.9. The van der Waals surface area contributed by atoms with E-state index < -0.39 is 23.3 Å². The van der Waals surface area contributed by atoms with Crippen LogP contribution in [0.15, 0.2) is 68.7 Å². The fourth-order valence-electron chi connectivity index (χ4n) is 4.61. The van der Waals surface area contributed by atoms with Gasteiger partial charge in [-0.05, 0) is 49.7 Å². The van der Waals surface area contributed by atoms with Gasteiger partial charge in [-0.1, -0.05) is 18.2 Å². The molecule has 0 saturated heterocycles. The van der Waals surface area contributed by atoms with E-state index in [4.69, 9.17) is 10.3 Å². The summed E-state index contributed by atoms with van der Waals surface area (Å²) < 4.78 is 23.9. The third-order valence-corrected chi connectivity index (χ3v) is 6.33. The van der Waals surface area contributed by atoms with Gasteiger partial charge in [0.2, 0.25) is 11.9 Å². The molecule has 5 aromatic rings. The van der Waals surface area contributed by atoms with Gasteiger partial charge in [0.1, 0.15) is 11.3 Å². The maximum absolute atomic E-state index is 14.6. The van der Waals surface area contributed by atoms with E-state index in [-0.39, 0.29) is 40.0 Å². The molecule has 0 spiro atoms. The standard InChI is InChI=1S/C27H23FN6O5/c1-4-33-23-19(13-20(28)31-22(23)25(36)30-17-7-5-6-16(12-17)24(29)35)26(37)34(33)18-10-8-15(9-11-18)21-14(2)39-32(3)27(21)38/h5-13H,4H2,1-3H3,(H2,29,35)(H,30,36). The van der Waals surface area contributed by atoms with E-state index in [9.17, 15) is 23.6 Å². The summed E-state index contributed by atoms with van der Waals surface area (Å²) in [4.78, 5) is 54.5. The third-order valence-electron chi connectivity index (χ3n) is 6.33. The van der Waals surface area contributed by atoms with Gasteiger partial charge in [-0.3, -0.25) is 23.9 Å². The molecule has 0 saturated carbocycles. The minimum absolute atomic E-state index is 0.0380. The van der Waals surface area contributed by atoms with Crippen LogP contribution >= 0.6 is 0 Å². The first-order valence-electron chi connectivity index (χ1n) is 11.9. The second-order valence-electron chi connectivity index (χ2n) is 8.79. The minimum Gasteiger partial charge on any atom is -0.381 e. The number of carbonyl (C=O) groups excluding carboxylic acids is 2. The average molecular weight is 531 g/mol. The van der Waals surface area contributed by atoms with Crippen LogP contribution in [0.5, 0.6) is 0 Å². The number of rotatable bonds is 6. The number of primary amides is 1. The molecule has 5 rings (SSSR count). The first kappa shape index (κ1) is 25.4. The number of nitrogens with two attached hydrogens (primary N) is 1. The van der Waals surface area contributed by atoms with Crippen molar-refractivity contribution in [3.05, 3.63) is 98.3 Å². The number of aryl methyl sites for hydroxylation is 3. The fraction of sp³-hybridized carbons (Fsp3) is 0.148. The van der Waals surface area contributed by atoms with Crippen LogP contribution in [-0.4, -0.2) is 30.9 Å². The highest BCUT2D eigenvalue weighted by Gasteiger charge is 2.24. The van der Waals surface area contributed by atoms with Crippen LogP contribution in [0, 0.1) is 12.9 Å². The van der Waals surface area contributed by atoms with Gasteiger partial charge >= 0.3 is 0 Å². The quantitative estimate of drug-likeness (QED) is 0.323. The molecule has 0 aliphatic rings. The zero-order valence-electron chi connectivity index (χ0n) is 21.2. The normalized spacial score (nSPS) is 11.2. The highest BCUT2D eigenvalue weighted by atomic mass is 19.1. The molecule has 0 atom stereocenters. The molecule has 0 radical (unpaired) electrons. The number of hydrogen-bond acceptors (Lipinski definition) is 6. The molecule has 11 nitrogen and oxygen atoms in total. The Labute approximate surface area is 219 Å². The molecule has 0 bridgehead atoms. The molecular formula is C27H23FN6O5. The van der Waals surface area contributed by atoms with Crippen LogP contribution < -0.4 is 22.2 Å². The number of nitrogens with one attached hydrogen (secondary N) is 1. The third kappa shape index (κ3) is 4.31. The highest BCUT2D eigenvalue weighted by molar-refractivity contribution is 6.10. The number of aromatic nitrogens is 4. The van der Waals surface area contributed by atoms with Crippen molar-refractivity contribution in [1.82, 2.24) is 19.1 Å². The number of pyridine rings is 1. The summed E-state index contributed by atoms with van der Waals surface area (Å²) in [7, 11) is 1.52. The van der Waals surface area contributed by atoms with Gasteiger partial charge in [0.15, 0.2) is 5.69 Å². The summed E-state index contributed by atoms with van der Waals surface area (Å²) in [6, 6.07) is 13.6. The molecule has 12 heteroatoms. The molecule has 3 aromatic heterocycles. The highest BCUT2D eigenvalue weighted by Crippen LogP contribution is 2.24. The lowest BCUT2D eigenvalue weighted by molar-refractivity contribution is 0.0995. The number of amides is 2. The molecule has 0 unspecified atom stereocenters. The molecule has 2 amide bonds. The van der Waals surface area contributed by atoms with Crippen molar-refractivity contribution in [2.24, 2.45) is 12.8 Å². The van der Waals surface area contributed by atoms with Gasteiger partial charge in [-0.25, -0.2) is 9.67 Å². The predicted molar refractivity (Wildman–Crippen MR) is 142 cm³/mol. The molecule has 0 fully saturated rings. The number of fused-ring (bicyclic) bond motifs is 1. The Balaban J connectivity index is 1.62. The van der Waals surface area contributed by atoms with E-state index in [2.05, 4.69) is 10.3 Å². The second kappa shape index (κ2) is 9.56. The van der Waals surface area contributed by atoms with Crippen molar-refractivity contribution in [3.8, 4) is 16.8 Å². The van der Waals surface area contributed by atoms with Crippen LogP contribution in [0.2, 0.25) is 0 Å². The molecular weight excluding hydrogens is 507 g/mol. The second-order valence-corrected chi connectivity index (χ2v) is 8.79. The maximum atomic E-state index is 14.6. The molecule has 0 aliphatic carbocycles. The topological polar surface area (TPSA) is 147 Å². The van der Waals surface area contributed by atoms with Gasteiger partial charge < -0.3 is 15.6 Å². The van der Waals surface area contributed by atoms with E-state index in [1.54, 1.807) is 38.1 Å². The maximum Gasteiger partial charge on any atom is 0.290 e. The van der Waals surface area contributed by atoms with Gasteiger partial charge in [0.05, 0.1) is 16.6 Å². The van der Waals surface area contributed by atoms with Crippen LogP contribution in [-0.2, 0) is 13.6 Å². The Morgan fingerprint density at radius 3 is 2.41 bits per heavy atom. The zero-order chi connectivity index (χ0) is 28.0. The Kier molecular flexibility index (Phi) is 6.22. The largest absolute Gasteiger partial charge is 0.381 e. The lowest BCUT2D eigenvalue weighted by Crippen LogP contribution is -2.21. The van der Waals surface area contributed by atoms with E-state index >= 15 is 0 Å². The summed E-state index contributed by atoms with van der Waals surface area (Å²) in [6.07, 6.45) is 0. The van der Waals surface area contributed by atoms with Crippen molar-refractivity contribution >= 4 is 28.4 Å². The van der Waals surface area contributed by atoms with E-state index in [1.807, 2.05) is 0 Å². The van der Waals surface area contributed by atoms with Crippen LogP contribution in [0.3, 0.4) is 0 Å². The predicted octanol–water partition coefficient (Wildman–Crippen LogP) is 2.96. The smallest absolute Gasteiger partial charge is 0.290 e. The fourth-order valence-corrected chi connectivity index (χ4v) is 4.61. The lowest BCUT2D eigenvalue weighted by atomic mass is 10.1. The van der Waals surface area contributed by atoms with Crippen LogP contribution in [0.4, 0.5) is 10.1 Å². The van der Waals surface area contributed by atoms with E-state index in [1.165, 1.54) is 40.7 Å². The Hall–Kier alpha value is -5.26. The van der Waals surface area contributed by atoms with Crippen LogP contribution in [0.1, 0.15) is 33.5 Å². The molecule has 39 heavy (non-hydrogen) atoms. The van der Waals surface area contributed by atoms with Gasteiger partial charge in [0.25, 0.3) is 17.0 Å². The summed E-state index contributed by atoms with van der Waals surface area (Å²) >= 11 is 0. The van der Waals surface area contributed by atoms with Crippen molar-refractivity contribution < 1.29 is 18.5 Å². The van der Waals surface area contributed by atoms with Crippen LogP contribution in [0.25, 0.3) is 27.7 Å². The Bertz CT molecular complexity index is 1900. The van der Waals surface area contributed by atoms with E-state index in [0.29, 0.717) is 22.6 Å². The summed E-state index contributed by atoms with van der Waals surface area (Å²) in [5.41, 5.74) is 6.15. The van der Waals surface area contributed by atoms with Gasteiger partial charge in [-0.2, -0.15) is 9.13 Å². The Morgan fingerprint density at radius 1 is 1.08 bits per heavy atom. The first-order chi connectivity index (χ1) is 18.6. The molecule has 3 heterocycles. The number of hydrogen-bond donors (Lipinski definition) is 2. The SMILES string of the molecule is CCn1c2c(C(=O)Nc3cccc(C(N)=O)c3)nc(F)cc2c(=O)n1-c1ccc(-c2c(C)on(C)c2=O)cc1. The summed E-state index contributed by atoms with van der Waals surface area (Å²) in [6.45, 7) is 3.69. The number of carbonyl (C=O) groups is 2. The molecule has 0 aliphatic heterocycles. The number of anilines is 1. The number of benzene rings is 2. The van der Waals surface area contributed by atoms with Crippen molar-refractivity contribution in [2.75, 3.05) is 5.32 Å². The van der Waals surface area contributed by atoms with Gasteiger partial charge in [0, 0.05) is 30.9 Å². The molecule has 198 valence electrons. The minimum atomic E-state index is -1.00. The monoisotopic (exact) mass is 530 g/mol. The van der Waals surface area contributed by atoms with Gasteiger partial charge in [-0.15, -0.1) is 0 Å². The van der Waals surface area contributed by atoms with Crippen molar-refractivity contribution in [3.63, 3.8) is 0 Å². The lowest BCUT2D eigenvalue weighted by Gasteiger charge is -2.13. The summed E-state index contributed by atoms with van der Waals surface area (Å²) in [5, 5.41) is 2.55. The number of halogens is 1. The van der Waals surface area contributed by atoms with Crippen molar-refractivity contribution in [1.29, 1.82) is 0 Å². The zero-order valence-corrected chi connectivity index (χ0v) is 21.2. The van der Waals surface area contributed by atoms with E-state index in [0.717, 1.165) is 10.8 Å². The molecule has 2 aromatic carbocycles. The number of nitrogens with zero attached hydrogens (tertiary/aromatic N) is 4. The molecule has 3 N–H and O–H groups in total. The Morgan fingerprint density at radius 2 is 1.79 bits per heavy atom.